The fraction of sp³-hybridized carbons (Fsp3) is 0.571. The summed E-state index contributed by atoms with van der Waals surface area (Å²) in [5, 5.41) is -0.0494. The van der Waals surface area contributed by atoms with Crippen LogP contribution in [0.15, 0.2) is 23.1 Å². The van der Waals surface area contributed by atoms with Crippen LogP contribution in [0.25, 0.3) is 0 Å². The van der Waals surface area contributed by atoms with Crippen LogP contribution in [-0.2, 0) is 14.6 Å². The molecule has 0 amide bonds. The van der Waals surface area contributed by atoms with E-state index in [1.165, 1.54) is 6.07 Å². The monoisotopic (exact) mass is 347 g/mol. The molecular formula is C14H18ClNO3S2. The highest BCUT2D eigenvalue weighted by molar-refractivity contribution is 7.99. The number of ether oxygens (including phenoxy) is 1. The summed E-state index contributed by atoms with van der Waals surface area (Å²) in [5.41, 5.74) is 5.85. The van der Waals surface area contributed by atoms with Crippen LogP contribution in [0.3, 0.4) is 0 Å². The van der Waals surface area contributed by atoms with Crippen LogP contribution in [-0.4, -0.2) is 37.4 Å². The molecule has 1 spiro atoms. The first kappa shape index (κ1) is 15.5. The van der Waals surface area contributed by atoms with E-state index in [-0.39, 0.29) is 16.2 Å². The molecule has 0 radical (unpaired) electrons. The van der Waals surface area contributed by atoms with E-state index in [2.05, 4.69) is 0 Å². The molecule has 4 nitrogen and oxygen atoms in total. The molecule has 2 atom stereocenters. The predicted octanol–water partition coefficient (Wildman–Crippen LogP) is 2.75. The lowest BCUT2D eigenvalue weighted by Gasteiger charge is -2.37. The van der Waals surface area contributed by atoms with Gasteiger partial charge in [0.05, 0.1) is 21.4 Å². The average Bonchev–Trinajstić information content (AvgIpc) is 2.89. The van der Waals surface area contributed by atoms with Crippen LogP contribution in [0.2, 0.25) is 5.02 Å². The Morgan fingerprint density at radius 1 is 1.43 bits per heavy atom. The molecule has 0 saturated carbocycles. The van der Waals surface area contributed by atoms with Crippen molar-refractivity contribution >= 4 is 38.9 Å². The molecule has 0 aromatic heterocycles. The molecule has 2 fully saturated rings. The van der Waals surface area contributed by atoms with Crippen LogP contribution < -0.4 is 5.73 Å². The van der Waals surface area contributed by atoms with E-state index in [1.807, 2.05) is 11.8 Å². The first-order chi connectivity index (χ1) is 9.93. The number of nitrogens with two attached hydrogens (primary N) is 1. The van der Waals surface area contributed by atoms with Gasteiger partial charge < -0.3 is 10.5 Å². The topological polar surface area (TPSA) is 69.4 Å². The summed E-state index contributed by atoms with van der Waals surface area (Å²) in [6, 6.07) is 4.61. The number of nitrogen functional groups attached to an aromatic ring is 1. The second-order valence-electron chi connectivity index (χ2n) is 5.68. The number of hydrogen-bond acceptors (Lipinski definition) is 5. The highest BCUT2D eigenvalue weighted by Gasteiger charge is 2.45. The molecule has 0 aliphatic carbocycles. The Hall–Kier alpha value is -0.430. The van der Waals surface area contributed by atoms with E-state index in [4.69, 9.17) is 22.1 Å². The SMILES string of the molecule is Nc1ccc(Cl)cc1S(=O)(=O)C1CCOC2(CCSC2)C1. The van der Waals surface area contributed by atoms with Gasteiger partial charge in [-0.1, -0.05) is 11.6 Å². The van der Waals surface area contributed by atoms with Gasteiger partial charge >= 0.3 is 0 Å². The predicted molar refractivity (Wildman–Crippen MR) is 86.7 cm³/mol. The van der Waals surface area contributed by atoms with Crippen molar-refractivity contribution < 1.29 is 13.2 Å². The first-order valence-corrected chi connectivity index (χ1v) is 10.0. The van der Waals surface area contributed by atoms with E-state index >= 15 is 0 Å². The molecule has 2 unspecified atom stereocenters. The number of hydrogen-bond donors (Lipinski definition) is 1. The Labute approximate surface area is 134 Å². The number of sulfone groups is 1. The number of anilines is 1. The molecule has 3 rings (SSSR count). The number of thioether (sulfide) groups is 1. The van der Waals surface area contributed by atoms with Crippen molar-refractivity contribution in [3.63, 3.8) is 0 Å². The second kappa shape index (κ2) is 5.65. The number of rotatable bonds is 2. The lowest BCUT2D eigenvalue weighted by molar-refractivity contribution is -0.0572. The Morgan fingerprint density at radius 2 is 2.24 bits per heavy atom. The maximum atomic E-state index is 12.9. The highest BCUT2D eigenvalue weighted by atomic mass is 35.5. The van der Waals surface area contributed by atoms with Gasteiger partial charge in [-0.25, -0.2) is 8.42 Å². The Balaban J connectivity index is 1.92. The van der Waals surface area contributed by atoms with Crippen LogP contribution in [0.1, 0.15) is 19.3 Å². The van der Waals surface area contributed by atoms with Crippen molar-refractivity contribution in [2.24, 2.45) is 0 Å². The summed E-state index contributed by atoms with van der Waals surface area (Å²) in [6.45, 7) is 0.491. The summed E-state index contributed by atoms with van der Waals surface area (Å²) in [4.78, 5) is 0.155. The molecule has 2 aliphatic heterocycles. The third kappa shape index (κ3) is 2.91. The lowest BCUT2D eigenvalue weighted by Crippen LogP contribution is -2.44. The quantitative estimate of drug-likeness (QED) is 0.833. The zero-order chi connectivity index (χ0) is 15.1. The minimum atomic E-state index is -3.48. The van der Waals surface area contributed by atoms with Gasteiger partial charge in [-0.15, -0.1) is 0 Å². The Kier molecular flexibility index (Phi) is 4.16. The smallest absolute Gasteiger partial charge is 0.183 e. The van der Waals surface area contributed by atoms with Gasteiger partial charge in [-0.2, -0.15) is 11.8 Å². The van der Waals surface area contributed by atoms with Crippen molar-refractivity contribution in [1.82, 2.24) is 0 Å². The minimum absolute atomic E-state index is 0.155. The molecule has 1 aromatic rings. The molecule has 1 aromatic carbocycles. The number of halogens is 1. The van der Waals surface area contributed by atoms with E-state index in [9.17, 15) is 8.42 Å². The van der Waals surface area contributed by atoms with E-state index in [1.54, 1.807) is 12.1 Å². The molecule has 2 aliphatic rings. The van der Waals surface area contributed by atoms with Crippen LogP contribution in [0.5, 0.6) is 0 Å². The normalized spacial score (nSPS) is 29.9. The highest BCUT2D eigenvalue weighted by Crippen LogP contribution is 2.41. The molecule has 0 bridgehead atoms. The zero-order valence-electron chi connectivity index (χ0n) is 11.5. The Bertz CT molecular complexity index is 642. The summed E-state index contributed by atoms with van der Waals surface area (Å²) >= 11 is 7.76. The summed E-state index contributed by atoms with van der Waals surface area (Å²) in [6.07, 6.45) is 1.99. The van der Waals surface area contributed by atoms with Gasteiger partial charge in [0.25, 0.3) is 0 Å². The minimum Gasteiger partial charge on any atom is -0.398 e. The second-order valence-corrected chi connectivity index (χ2v) is 9.41. The van der Waals surface area contributed by atoms with Gasteiger partial charge in [0.2, 0.25) is 0 Å². The van der Waals surface area contributed by atoms with Gasteiger partial charge in [0.15, 0.2) is 9.84 Å². The fourth-order valence-corrected chi connectivity index (χ4v) is 6.64. The van der Waals surface area contributed by atoms with Crippen molar-refractivity contribution in [2.75, 3.05) is 23.8 Å². The van der Waals surface area contributed by atoms with Gasteiger partial charge in [-0.05, 0) is 43.2 Å². The fourth-order valence-electron chi connectivity index (χ4n) is 3.05. The number of benzene rings is 1. The van der Waals surface area contributed by atoms with Crippen LogP contribution in [0, 0.1) is 0 Å². The third-order valence-electron chi connectivity index (χ3n) is 4.24. The average molecular weight is 348 g/mol. The van der Waals surface area contributed by atoms with Crippen molar-refractivity contribution in [3.8, 4) is 0 Å². The summed E-state index contributed by atoms with van der Waals surface area (Å²) in [7, 11) is -3.48. The van der Waals surface area contributed by atoms with Crippen molar-refractivity contribution in [3.05, 3.63) is 23.2 Å². The molecule has 7 heteroatoms. The third-order valence-corrected chi connectivity index (χ3v) is 7.94. The molecule has 2 saturated heterocycles. The summed E-state index contributed by atoms with van der Waals surface area (Å²) in [5.74, 6) is 1.91. The molecule has 116 valence electrons. The largest absolute Gasteiger partial charge is 0.398 e. The van der Waals surface area contributed by atoms with Gasteiger partial charge in [0, 0.05) is 17.4 Å². The lowest BCUT2D eigenvalue weighted by atomic mass is 9.93. The summed E-state index contributed by atoms with van der Waals surface area (Å²) < 4.78 is 31.7. The Morgan fingerprint density at radius 3 is 2.95 bits per heavy atom. The molecule has 21 heavy (non-hydrogen) atoms. The van der Waals surface area contributed by atoms with E-state index in [0.717, 1.165) is 17.9 Å². The van der Waals surface area contributed by atoms with Crippen molar-refractivity contribution in [1.29, 1.82) is 0 Å². The maximum absolute atomic E-state index is 12.9. The van der Waals surface area contributed by atoms with Crippen LogP contribution >= 0.6 is 23.4 Å². The van der Waals surface area contributed by atoms with E-state index < -0.39 is 15.1 Å². The standard InChI is InChI=1S/C14H18ClNO3S2/c15-10-1-2-12(16)13(7-10)21(17,18)11-3-5-19-14(8-11)4-6-20-9-14/h1-2,7,11H,3-6,8-9,16H2. The van der Waals surface area contributed by atoms with Gasteiger partial charge in [0.1, 0.15) is 0 Å². The first-order valence-electron chi connectivity index (χ1n) is 6.94. The molecular weight excluding hydrogens is 330 g/mol. The van der Waals surface area contributed by atoms with Crippen LogP contribution in [0.4, 0.5) is 5.69 Å². The van der Waals surface area contributed by atoms with Gasteiger partial charge in [-0.3, -0.25) is 0 Å². The molecule has 2 N–H and O–H groups in total. The zero-order valence-corrected chi connectivity index (χ0v) is 13.9. The molecule has 2 heterocycles. The van der Waals surface area contributed by atoms with Crippen molar-refractivity contribution in [2.45, 2.75) is 35.0 Å². The maximum Gasteiger partial charge on any atom is 0.183 e. The van der Waals surface area contributed by atoms with E-state index in [0.29, 0.717) is 24.5 Å².